The Balaban J connectivity index is 1.22. The van der Waals surface area contributed by atoms with E-state index >= 15 is 0 Å². The first kappa shape index (κ1) is 25.2. The molecule has 0 saturated carbocycles. The second-order valence-electron chi connectivity index (χ2n) is 9.88. The van der Waals surface area contributed by atoms with Gasteiger partial charge in [0, 0.05) is 38.3 Å². The Morgan fingerprint density at radius 1 is 0.886 bits per heavy atom. The van der Waals surface area contributed by atoms with E-state index in [1.165, 1.54) is 11.1 Å². The third kappa shape index (κ3) is 6.41. The largest absolute Gasteiger partial charge is 0.496 e. The molecule has 0 unspecified atom stereocenters. The van der Waals surface area contributed by atoms with Gasteiger partial charge in [0.05, 0.1) is 19.1 Å². The molecule has 2 aliphatic rings. The minimum absolute atomic E-state index is 0.179. The van der Waals surface area contributed by atoms with Crippen LogP contribution in [0.3, 0.4) is 0 Å². The Morgan fingerprint density at radius 2 is 1.54 bits per heavy atom. The minimum Gasteiger partial charge on any atom is -0.496 e. The van der Waals surface area contributed by atoms with Crippen LogP contribution in [0.2, 0.25) is 0 Å². The second kappa shape index (κ2) is 11.7. The number of methoxy groups -OCH3 is 1. The summed E-state index contributed by atoms with van der Waals surface area (Å²) in [6, 6.07) is 18.3. The molecule has 2 amide bonds. The first-order valence-electron chi connectivity index (χ1n) is 12.7. The van der Waals surface area contributed by atoms with E-state index < -0.39 is 5.41 Å². The maximum Gasteiger partial charge on any atom is 0.236 e. The zero-order valence-electron chi connectivity index (χ0n) is 20.8. The smallest absolute Gasteiger partial charge is 0.236 e. The first-order chi connectivity index (χ1) is 17.0. The van der Waals surface area contributed by atoms with Gasteiger partial charge in [0.15, 0.2) is 0 Å². The molecule has 2 saturated heterocycles. The van der Waals surface area contributed by atoms with Gasteiger partial charge in [0.2, 0.25) is 11.8 Å². The van der Waals surface area contributed by atoms with E-state index in [4.69, 9.17) is 10.5 Å². The summed E-state index contributed by atoms with van der Waals surface area (Å²) in [7, 11) is 1.70. The SMILES string of the molecule is COc1ccccc1CN1CCN(C(=O)CN2CCC(CCc3ccccc3)(C(N)=O)CC2)CC1. The fraction of sp³-hybridized carbons (Fsp3) is 0.500. The van der Waals surface area contributed by atoms with Gasteiger partial charge in [-0.25, -0.2) is 0 Å². The van der Waals surface area contributed by atoms with Crippen molar-refractivity contribution in [2.45, 2.75) is 32.2 Å². The molecule has 0 radical (unpaired) electrons. The van der Waals surface area contributed by atoms with E-state index in [-0.39, 0.29) is 11.8 Å². The average Bonchev–Trinajstić information content (AvgIpc) is 2.89. The number of aryl methyl sites for hydroxylation is 1. The van der Waals surface area contributed by atoms with Crippen LogP contribution in [0, 0.1) is 5.41 Å². The van der Waals surface area contributed by atoms with Gasteiger partial charge in [-0.2, -0.15) is 0 Å². The minimum atomic E-state index is -0.473. The number of benzene rings is 2. The van der Waals surface area contributed by atoms with Gasteiger partial charge in [0.1, 0.15) is 5.75 Å². The zero-order valence-corrected chi connectivity index (χ0v) is 20.8. The van der Waals surface area contributed by atoms with Crippen molar-refractivity contribution in [3.63, 3.8) is 0 Å². The molecule has 0 aromatic heterocycles. The normalized spacial score (nSPS) is 18.8. The van der Waals surface area contributed by atoms with Crippen molar-refractivity contribution in [3.05, 3.63) is 65.7 Å². The number of primary amides is 1. The Morgan fingerprint density at radius 3 is 2.20 bits per heavy atom. The molecule has 0 bridgehead atoms. The Bertz CT molecular complexity index is 981. The molecule has 7 nitrogen and oxygen atoms in total. The van der Waals surface area contributed by atoms with Gasteiger partial charge in [0.25, 0.3) is 0 Å². The fourth-order valence-corrected chi connectivity index (χ4v) is 5.31. The summed E-state index contributed by atoms with van der Waals surface area (Å²) in [6.07, 6.45) is 3.05. The number of ether oxygens (including phenoxy) is 1. The lowest BCUT2D eigenvalue weighted by Gasteiger charge is -2.41. The van der Waals surface area contributed by atoms with Gasteiger partial charge in [-0.15, -0.1) is 0 Å². The highest BCUT2D eigenvalue weighted by atomic mass is 16.5. The van der Waals surface area contributed by atoms with Crippen molar-refractivity contribution in [1.82, 2.24) is 14.7 Å². The Hall–Kier alpha value is -2.90. The number of para-hydroxylation sites is 1. The average molecular weight is 479 g/mol. The summed E-state index contributed by atoms with van der Waals surface area (Å²) in [5, 5.41) is 0. The molecule has 2 aromatic carbocycles. The number of nitrogens with two attached hydrogens (primary N) is 1. The van der Waals surface area contributed by atoms with Crippen LogP contribution in [0.25, 0.3) is 0 Å². The predicted octanol–water partition coefficient (Wildman–Crippen LogP) is 2.54. The summed E-state index contributed by atoms with van der Waals surface area (Å²) in [5.74, 6) is 0.885. The molecule has 2 fully saturated rings. The number of carbonyl (C=O) groups excluding carboxylic acids is 2. The van der Waals surface area contributed by atoms with Gasteiger partial charge < -0.3 is 15.4 Å². The van der Waals surface area contributed by atoms with Crippen molar-refractivity contribution < 1.29 is 14.3 Å². The topological polar surface area (TPSA) is 79.1 Å². The van der Waals surface area contributed by atoms with Crippen molar-refractivity contribution in [2.24, 2.45) is 11.1 Å². The number of piperidine rings is 1. The van der Waals surface area contributed by atoms with Gasteiger partial charge in [-0.05, 0) is 50.4 Å². The van der Waals surface area contributed by atoms with E-state index in [9.17, 15) is 9.59 Å². The molecule has 2 heterocycles. The maximum atomic E-state index is 13.0. The van der Waals surface area contributed by atoms with Gasteiger partial charge in [-0.3, -0.25) is 19.4 Å². The monoisotopic (exact) mass is 478 g/mol. The van der Waals surface area contributed by atoms with Crippen LogP contribution in [0.15, 0.2) is 54.6 Å². The standard InChI is InChI=1S/C28H38N4O3/c1-35-25-10-6-5-9-24(25)21-31-17-19-32(20-18-31)26(33)22-30-15-13-28(14-16-30,27(29)34)12-11-23-7-3-2-4-8-23/h2-10H,11-22H2,1H3,(H2,29,34). The number of likely N-dealkylation sites (tertiary alicyclic amines) is 1. The first-order valence-corrected chi connectivity index (χ1v) is 12.7. The lowest BCUT2D eigenvalue weighted by atomic mass is 9.73. The lowest BCUT2D eigenvalue weighted by Crippen LogP contribution is -2.53. The molecule has 2 aromatic rings. The van der Waals surface area contributed by atoms with Crippen LogP contribution in [-0.2, 0) is 22.6 Å². The molecule has 35 heavy (non-hydrogen) atoms. The van der Waals surface area contributed by atoms with Crippen LogP contribution >= 0.6 is 0 Å². The molecular weight excluding hydrogens is 440 g/mol. The van der Waals surface area contributed by atoms with Crippen molar-refractivity contribution in [1.29, 1.82) is 0 Å². The number of rotatable bonds is 9. The molecule has 0 spiro atoms. The predicted molar refractivity (Wildman–Crippen MR) is 137 cm³/mol. The fourth-order valence-electron chi connectivity index (χ4n) is 5.31. The van der Waals surface area contributed by atoms with Gasteiger partial charge in [-0.1, -0.05) is 48.5 Å². The highest BCUT2D eigenvalue weighted by Crippen LogP contribution is 2.36. The molecule has 2 aliphatic heterocycles. The highest BCUT2D eigenvalue weighted by Gasteiger charge is 2.40. The van der Waals surface area contributed by atoms with Crippen LogP contribution < -0.4 is 10.5 Å². The molecule has 0 atom stereocenters. The second-order valence-corrected chi connectivity index (χ2v) is 9.88. The van der Waals surface area contributed by atoms with Crippen LogP contribution in [0.5, 0.6) is 5.75 Å². The molecule has 4 rings (SSSR count). The van der Waals surface area contributed by atoms with Crippen molar-refractivity contribution in [2.75, 3.05) is 52.9 Å². The third-order valence-electron chi connectivity index (χ3n) is 7.74. The summed E-state index contributed by atoms with van der Waals surface area (Å²) in [5.41, 5.74) is 7.80. The van der Waals surface area contributed by atoms with Gasteiger partial charge >= 0.3 is 0 Å². The summed E-state index contributed by atoms with van der Waals surface area (Å²) < 4.78 is 5.47. The number of amides is 2. The summed E-state index contributed by atoms with van der Waals surface area (Å²) in [6.45, 7) is 5.90. The molecule has 7 heteroatoms. The van der Waals surface area contributed by atoms with Crippen LogP contribution in [0.1, 0.15) is 30.4 Å². The van der Waals surface area contributed by atoms with E-state index in [1.54, 1.807) is 7.11 Å². The molecular formula is C28H38N4O3. The lowest BCUT2D eigenvalue weighted by molar-refractivity contribution is -0.136. The quantitative estimate of drug-likeness (QED) is 0.599. The van der Waals surface area contributed by atoms with Crippen LogP contribution in [-0.4, -0.2) is 79.4 Å². The summed E-state index contributed by atoms with van der Waals surface area (Å²) >= 11 is 0. The highest BCUT2D eigenvalue weighted by molar-refractivity contribution is 5.81. The van der Waals surface area contributed by atoms with E-state index in [2.05, 4.69) is 28.0 Å². The number of hydrogen-bond donors (Lipinski definition) is 1. The van der Waals surface area contributed by atoms with E-state index in [0.717, 1.165) is 77.2 Å². The van der Waals surface area contributed by atoms with E-state index in [0.29, 0.717) is 6.54 Å². The molecule has 0 aliphatic carbocycles. The molecule has 2 N–H and O–H groups in total. The Kier molecular flexibility index (Phi) is 8.42. The zero-order chi connectivity index (χ0) is 24.7. The number of carbonyl (C=O) groups is 2. The Labute approximate surface area is 208 Å². The molecule has 188 valence electrons. The van der Waals surface area contributed by atoms with Crippen molar-refractivity contribution >= 4 is 11.8 Å². The summed E-state index contributed by atoms with van der Waals surface area (Å²) in [4.78, 5) is 31.9. The maximum absolute atomic E-state index is 13.0. The number of hydrogen-bond acceptors (Lipinski definition) is 5. The van der Waals surface area contributed by atoms with E-state index in [1.807, 2.05) is 41.3 Å². The van der Waals surface area contributed by atoms with Crippen LogP contribution in [0.4, 0.5) is 0 Å². The van der Waals surface area contributed by atoms with Crippen molar-refractivity contribution in [3.8, 4) is 5.75 Å². The number of piperazine rings is 1. The third-order valence-corrected chi connectivity index (χ3v) is 7.74. The number of nitrogens with zero attached hydrogens (tertiary/aromatic N) is 3.